The molecule has 0 saturated carbocycles. The van der Waals surface area contributed by atoms with Crippen LogP contribution in [0.2, 0.25) is 0 Å². The Hall–Kier alpha value is -2.65. The predicted octanol–water partition coefficient (Wildman–Crippen LogP) is 3.94. The van der Waals surface area contributed by atoms with E-state index >= 15 is 0 Å². The van der Waals surface area contributed by atoms with E-state index in [1.807, 2.05) is 13.0 Å². The number of aromatic nitrogens is 3. The van der Waals surface area contributed by atoms with Crippen LogP contribution in [0.5, 0.6) is 0 Å². The highest BCUT2D eigenvalue weighted by atomic mass is 32.2. The fourth-order valence-electron chi connectivity index (χ4n) is 4.36. The molecule has 0 atom stereocenters. The Labute approximate surface area is 201 Å². The van der Waals surface area contributed by atoms with Gasteiger partial charge in [-0.15, -0.1) is 0 Å². The summed E-state index contributed by atoms with van der Waals surface area (Å²) in [5, 5.41) is 2.68. The highest BCUT2D eigenvalue weighted by molar-refractivity contribution is 7.90. The van der Waals surface area contributed by atoms with Crippen LogP contribution in [0, 0.1) is 5.92 Å². The average molecular weight is 487 g/mol. The second kappa shape index (κ2) is 9.54. The van der Waals surface area contributed by atoms with E-state index in [4.69, 9.17) is 9.72 Å². The lowest BCUT2D eigenvalue weighted by Crippen LogP contribution is -2.26. The summed E-state index contributed by atoms with van der Waals surface area (Å²) in [5.41, 5.74) is 1.77. The fourth-order valence-corrected chi connectivity index (χ4v) is 5.58. The third kappa shape index (κ3) is 4.63. The molecule has 3 aromatic rings. The van der Waals surface area contributed by atoms with E-state index in [1.165, 1.54) is 18.5 Å². The van der Waals surface area contributed by atoms with Gasteiger partial charge < -0.3 is 14.6 Å². The van der Waals surface area contributed by atoms with Crippen molar-refractivity contribution in [2.75, 3.05) is 19.8 Å². The zero-order chi connectivity index (χ0) is 24.5. The highest BCUT2D eigenvalue weighted by Gasteiger charge is 2.29. The largest absolute Gasteiger partial charge is 0.381 e. The lowest BCUT2D eigenvalue weighted by molar-refractivity contribution is 0.0610. The standard InChI is InChI=1S/C25H34N4O4S/c1-5-25(3,4)24-27-21-15-20(7-8-22(21)29(24)16-18-10-13-33-14-11-18)34(31,32)28-12-9-19(17-28)23(30)26-6-2/h7-9,12,15,17-18H,5-6,10-11,13-14,16H2,1-4H3,(H,26,30). The van der Waals surface area contributed by atoms with Gasteiger partial charge in [-0.1, -0.05) is 20.8 Å². The summed E-state index contributed by atoms with van der Waals surface area (Å²) >= 11 is 0. The van der Waals surface area contributed by atoms with Crippen molar-refractivity contribution in [1.29, 1.82) is 0 Å². The number of carbonyl (C=O) groups excluding carboxylic acids is 1. The lowest BCUT2D eigenvalue weighted by Gasteiger charge is -2.28. The first-order valence-corrected chi connectivity index (χ1v) is 13.4. The van der Waals surface area contributed by atoms with Gasteiger partial charge in [-0.25, -0.2) is 17.4 Å². The topological polar surface area (TPSA) is 95.2 Å². The van der Waals surface area contributed by atoms with Gasteiger partial charge in [-0.05, 0) is 56.4 Å². The van der Waals surface area contributed by atoms with E-state index < -0.39 is 10.0 Å². The quantitative estimate of drug-likeness (QED) is 0.520. The molecule has 0 unspecified atom stereocenters. The van der Waals surface area contributed by atoms with E-state index in [9.17, 15) is 13.2 Å². The van der Waals surface area contributed by atoms with Gasteiger partial charge in [0.1, 0.15) is 5.82 Å². The van der Waals surface area contributed by atoms with Crippen LogP contribution in [0.25, 0.3) is 11.0 Å². The smallest absolute Gasteiger partial charge is 0.267 e. The van der Waals surface area contributed by atoms with Gasteiger partial charge in [0.15, 0.2) is 0 Å². The number of benzene rings is 1. The summed E-state index contributed by atoms with van der Waals surface area (Å²) < 4.78 is 35.5. The molecule has 1 saturated heterocycles. The van der Waals surface area contributed by atoms with Gasteiger partial charge in [0.25, 0.3) is 15.9 Å². The molecule has 34 heavy (non-hydrogen) atoms. The average Bonchev–Trinajstić information content (AvgIpc) is 3.46. The van der Waals surface area contributed by atoms with Crippen molar-refractivity contribution in [3.63, 3.8) is 0 Å². The molecule has 4 rings (SSSR count). The predicted molar refractivity (Wildman–Crippen MR) is 132 cm³/mol. The van der Waals surface area contributed by atoms with Gasteiger partial charge in [0.2, 0.25) is 0 Å². The van der Waals surface area contributed by atoms with Crippen LogP contribution in [0.1, 0.15) is 63.1 Å². The van der Waals surface area contributed by atoms with Crippen molar-refractivity contribution in [3.8, 4) is 0 Å². The van der Waals surface area contributed by atoms with Crippen LogP contribution in [0.15, 0.2) is 41.6 Å². The van der Waals surface area contributed by atoms with Crippen LogP contribution in [0.3, 0.4) is 0 Å². The summed E-state index contributed by atoms with van der Waals surface area (Å²) in [6.07, 6.45) is 5.69. The number of hydrogen-bond donors (Lipinski definition) is 1. The van der Waals surface area contributed by atoms with E-state index in [1.54, 1.807) is 12.1 Å². The maximum absolute atomic E-state index is 13.3. The summed E-state index contributed by atoms with van der Waals surface area (Å²) in [5.74, 6) is 1.18. The maximum Gasteiger partial charge on any atom is 0.267 e. The molecule has 1 N–H and O–H groups in total. The minimum Gasteiger partial charge on any atom is -0.381 e. The Bertz CT molecular complexity index is 1280. The molecular formula is C25H34N4O4S. The van der Waals surface area contributed by atoms with E-state index in [0.29, 0.717) is 23.5 Å². The molecule has 8 nitrogen and oxygen atoms in total. The van der Waals surface area contributed by atoms with Gasteiger partial charge in [0, 0.05) is 44.1 Å². The number of ether oxygens (including phenoxy) is 1. The molecule has 1 fully saturated rings. The molecule has 0 bridgehead atoms. The van der Waals surface area contributed by atoms with Crippen molar-refractivity contribution in [3.05, 3.63) is 48.0 Å². The third-order valence-corrected chi connectivity index (χ3v) is 8.46. The number of rotatable bonds is 8. The van der Waals surface area contributed by atoms with Gasteiger partial charge >= 0.3 is 0 Å². The summed E-state index contributed by atoms with van der Waals surface area (Å²) in [6.45, 7) is 11.2. The zero-order valence-electron chi connectivity index (χ0n) is 20.4. The van der Waals surface area contributed by atoms with Crippen LogP contribution >= 0.6 is 0 Å². The molecule has 1 aliphatic heterocycles. The number of hydrogen-bond acceptors (Lipinski definition) is 5. The highest BCUT2D eigenvalue weighted by Crippen LogP contribution is 2.32. The van der Waals surface area contributed by atoms with Crippen molar-refractivity contribution in [2.24, 2.45) is 5.92 Å². The number of imidazole rings is 1. The minimum absolute atomic E-state index is 0.148. The lowest BCUT2D eigenvalue weighted by atomic mass is 9.89. The van der Waals surface area contributed by atoms with E-state index in [-0.39, 0.29) is 16.2 Å². The Balaban J connectivity index is 1.74. The van der Waals surface area contributed by atoms with Crippen LogP contribution in [-0.2, 0) is 26.7 Å². The summed E-state index contributed by atoms with van der Waals surface area (Å²) in [6, 6.07) is 6.64. The second-order valence-electron chi connectivity index (χ2n) is 9.58. The van der Waals surface area contributed by atoms with E-state index in [2.05, 4.69) is 30.7 Å². The van der Waals surface area contributed by atoms with Crippen LogP contribution < -0.4 is 5.32 Å². The number of amides is 1. The van der Waals surface area contributed by atoms with Crippen LogP contribution in [0.4, 0.5) is 0 Å². The van der Waals surface area contributed by atoms with E-state index in [0.717, 1.165) is 54.3 Å². The Kier molecular flexibility index (Phi) is 6.87. The van der Waals surface area contributed by atoms with Crippen LogP contribution in [-0.4, -0.2) is 47.6 Å². The Morgan fingerprint density at radius 2 is 1.94 bits per heavy atom. The minimum atomic E-state index is -3.86. The first-order valence-electron chi connectivity index (χ1n) is 12.0. The summed E-state index contributed by atoms with van der Waals surface area (Å²) in [4.78, 5) is 17.2. The molecule has 0 aliphatic carbocycles. The molecule has 0 radical (unpaired) electrons. The molecule has 0 spiro atoms. The molecule has 3 heterocycles. The molecule has 1 aromatic carbocycles. The first-order chi connectivity index (χ1) is 16.2. The monoisotopic (exact) mass is 486 g/mol. The number of fused-ring (bicyclic) bond motifs is 1. The SMILES string of the molecule is CCNC(=O)c1ccn(S(=O)(=O)c2ccc3c(c2)nc(C(C)(C)CC)n3CC2CCOCC2)c1. The van der Waals surface area contributed by atoms with Gasteiger partial charge in [-0.2, -0.15) is 0 Å². The van der Waals surface area contributed by atoms with Crippen molar-refractivity contribution < 1.29 is 17.9 Å². The number of carbonyl (C=O) groups is 1. The molecule has 1 aliphatic rings. The molecule has 184 valence electrons. The Morgan fingerprint density at radius 1 is 1.21 bits per heavy atom. The molecular weight excluding hydrogens is 452 g/mol. The first kappa shape index (κ1) is 24.5. The molecule has 9 heteroatoms. The van der Waals surface area contributed by atoms with Crippen molar-refractivity contribution >= 4 is 27.0 Å². The number of nitrogens with one attached hydrogen (secondary N) is 1. The zero-order valence-corrected chi connectivity index (χ0v) is 21.2. The number of nitrogens with zero attached hydrogens (tertiary/aromatic N) is 3. The second-order valence-corrected chi connectivity index (χ2v) is 11.4. The maximum atomic E-state index is 13.3. The van der Waals surface area contributed by atoms with Crippen molar-refractivity contribution in [2.45, 2.75) is 63.8 Å². The molecule has 2 aromatic heterocycles. The molecule has 1 amide bonds. The third-order valence-electron chi connectivity index (χ3n) is 6.83. The van der Waals surface area contributed by atoms with Gasteiger partial charge in [0.05, 0.1) is 21.5 Å². The van der Waals surface area contributed by atoms with Gasteiger partial charge in [-0.3, -0.25) is 4.79 Å². The normalized spacial score (nSPS) is 15.6. The Morgan fingerprint density at radius 3 is 2.62 bits per heavy atom. The fraction of sp³-hybridized carbons (Fsp3) is 0.520. The van der Waals surface area contributed by atoms with Crippen molar-refractivity contribution in [1.82, 2.24) is 18.8 Å². The summed E-state index contributed by atoms with van der Waals surface area (Å²) in [7, 11) is -3.86.